The molecule has 0 radical (unpaired) electrons. The fourth-order valence-electron chi connectivity index (χ4n) is 3.86. The number of likely N-dealkylation sites (N-methyl/N-ethyl adjacent to an activating group) is 2. The molecular formula is C18H30N2. The smallest absolute Gasteiger partial charge is 0.0509 e. The summed E-state index contributed by atoms with van der Waals surface area (Å²) < 4.78 is 0. The number of rotatable bonds is 5. The van der Waals surface area contributed by atoms with E-state index in [-0.39, 0.29) is 5.54 Å². The van der Waals surface area contributed by atoms with Crippen molar-refractivity contribution < 1.29 is 0 Å². The Labute approximate surface area is 124 Å². The summed E-state index contributed by atoms with van der Waals surface area (Å²) >= 11 is 0. The van der Waals surface area contributed by atoms with Crippen LogP contribution in [0.5, 0.6) is 0 Å². The van der Waals surface area contributed by atoms with Crippen molar-refractivity contribution in [3.63, 3.8) is 0 Å². The molecular weight excluding hydrogens is 244 g/mol. The van der Waals surface area contributed by atoms with E-state index in [1.54, 1.807) is 0 Å². The molecule has 0 aromatic heterocycles. The first-order valence-corrected chi connectivity index (χ1v) is 8.00. The molecule has 112 valence electrons. The summed E-state index contributed by atoms with van der Waals surface area (Å²) in [5.41, 5.74) is 4.61. The Kier molecular flexibility index (Phi) is 4.87. The topological polar surface area (TPSA) is 15.3 Å². The van der Waals surface area contributed by atoms with Gasteiger partial charge in [-0.3, -0.25) is 0 Å². The summed E-state index contributed by atoms with van der Waals surface area (Å²) in [5.74, 6) is 0. The molecule has 1 N–H and O–H groups in total. The molecule has 2 heteroatoms. The lowest BCUT2D eigenvalue weighted by atomic mass is 9.80. The van der Waals surface area contributed by atoms with Crippen molar-refractivity contribution in [3.05, 3.63) is 34.9 Å². The van der Waals surface area contributed by atoms with Gasteiger partial charge in [0, 0.05) is 5.54 Å². The lowest BCUT2D eigenvalue weighted by Gasteiger charge is -2.44. The third kappa shape index (κ3) is 2.64. The molecule has 1 fully saturated rings. The van der Waals surface area contributed by atoms with Crippen molar-refractivity contribution >= 4 is 0 Å². The summed E-state index contributed by atoms with van der Waals surface area (Å²) in [6.45, 7) is 7.73. The van der Waals surface area contributed by atoms with E-state index in [2.05, 4.69) is 63.3 Å². The molecule has 20 heavy (non-hydrogen) atoms. The highest BCUT2D eigenvalue weighted by Crippen LogP contribution is 2.44. The van der Waals surface area contributed by atoms with E-state index in [1.807, 2.05) is 0 Å². The monoisotopic (exact) mass is 274 g/mol. The molecule has 1 aliphatic carbocycles. The maximum atomic E-state index is 3.79. The first-order valence-electron chi connectivity index (χ1n) is 8.00. The molecule has 0 amide bonds. The maximum Gasteiger partial charge on any atom is 0.0509 e. The zero-order valence-electron chi connectivity index (χ0n) is 13.8. The van der Waals surface area contributed by atoms with Crippen LogP contribution in [0, 0.1) is 13.8 Å². The zero-order valence-corrected chi connectivity index (χ0v) is 13.8. The predicted molar refractivity (Wildman–Crippen MR) is 87.2 cm³/mol. The summed E-state index contributed by atoms with van der Waals surface area (Å²) in [4.78, 5) is 2.47. The molecule has 0 spiro atoms. The third-order valence-electron chi connectivity index (χ3n) is 5.26. The molecule has 0 heterocycles. The van der Waals surface area contributed by atoms with Gasteiger partial charge in [-0.2, -0.15) is 0 Å². The van der Waals surface area contributed by atoms with Crippen molar-refractivity contribution in [2.75, 3.05) is 20.6 Å². The van der Waals surface area contributed by atoms with Crippen LogP contribution in [-0.2, 0) is 0 Å². The maximum absolute atomic E-state index is 3.79. The Morgan fingerprint density at radius 2 is 1.85 bits per heavy atom. The fraction of sp³-hybridized carbons (Fsp3) is 0.667. The van der Waals surface area contributed by atoms with E-state index in [1.165, 1.54) is 42.4 Å². The van der Waals surface area contributed by atoms with Crippen LogP contribution in [0.4, 0.5) is 0 Å². The van der Waals surface area contributed by atoms with E-state index < -0.39 is 0 Å². The van der Waals surface area contributed by atoms with Crippen LogP contribution < -0.4 is 5.32 Å². The second-order valence-corrected chi connectivity index (χ2v) is 6.48. The van der Waals surface area contributed by atoms with Gasteiger partial charge < -0.3 is 10.2 Å². The van der Waals surface area contributed by atoms with Crippen LogP contribution >= 0.6 is 0 Å². The Morgan fingerprint density at radius 3 is 2.40 bits per heavy atom. The minimum atomic E-state index is 0.272. The lowest BCUT2D eigenvalue weighted by molar-refractivity contribution is 0.105. The van der Waals surface area contributed by atoms with Gasteiger partial charge in [0.2, 0.25) is 0 Å². The van der Waals surface area contributed by atoms with Crippen LogP contribution in [0.2, 0.25) is 0 Å². The molecule has 1 aromatic carbocycles. The standard InChI is InChI=1S/C18H30N2/c1-6-19-17(16-11-9-10-14(2)15(16)3)18(20(4)5)12-7-8-13-18/h9-11,17,19H,6-8,12-13H2,1-5H3. The number of hydrogen-bond donors (Lipinski definition) is 1. The van der Waals surface area contributed by atoms with Gasteiger partial charge in [0.1, 0.15) is 0 Å². The summed E-state index contributed by atoms with van der Waals surface area (Å²) in [6, 6.07) is 7.18. The summed E-state index contributed by atoms with van der Waals surface area (Å²) in [6.07, 6.45) is 5.30. The zero-order chi connectivity index (χ0) is 14.8. The lowest BCUT2D eigenvalue weighted by Crippen LogP contribution is -2.52. The second kappa shape index (κ2) is 6.28. The highest BCUT2D eigenvalue weighted by atomic mass is 15.2. The van der Waals surface area contributed by atoms with Gasteiger partial charge in [0.25, 0.3) is 0 Å². The van der Waals surface area contributed by atoms with Crippen LogP contribution in [0.3, 0.4) is 0 Å². The SMILES string of the molecule is CCNC(c1cccc(C)c1C)C1(N(C)C)CCCC1. The van der Waals surface area contributed by atoms with E-state index in [0.29, 0.717) is 6.04 Å². The van der Waals surface area contributed by atoms with Gasteiger partial charge in [0.05, 0.1) is 6.04 Å². The molecule has 1 aliphatic rings. The largest absolute Gasteiger partial charge is 0.309 e. The quantitative estimate of drug-likeness (QED) is 0.878. The minimum Gasteiger partial charge on any atom is -0.309 e. The third-order valence-corrected chi connectivity index (χ3v) is 5.26. The fourth-order valence-corrected chi connectivity index (χ4v) is 3.86. The second-order valence-electron chi connectivity index (χ2n) is 6.48. The molecule has 0 aliphatic heterocycles. The molecule has 1 aromatic rings. The Hall–Kier alpha value is -0.860. The van der Waals surface area contributed by atoms with Crippen molar-refractivity contribution in [1.29, 1.82) is 0 Å². The molecule has 0 saturated heterocycles. The van der Waals surface area contributed by atoms with E-state index >= 15 is 0 Å². The van der Waals surface area contributed by atoms with Gasteiger partial charge in [-0.25, -0.2) is 0 Å². The van der Waals surface area contributed by atoms with Crippen molar-refractivity contribution in [2.45, 2.75) is 58.0 Å². The van der Waals surface area contributed by atoms with Gasteiger partial charge in [0.15, 0.2) is 0 Å². The first kappa shape index (κ1) is 15.5. The van der Waals surface area contributed by atoms with Crippen molar-refractivity contribution in [3.8, 4) is 0 Å². The summed E-state index contributed by atoms with van der Waals surface area (Å²) in [5, 5.41) is 3.79. The molecule has 1 unspecified atom stereocenters. The Balaban J connectivity index is 2.47. The Bertz CT molecular complexity index is 445. The van der Waals surface area contributed by atoms with Gasteiger partial charge in [-0.1, -0.05) is 38.0 Å². The van der Waals surface area contributed by atoms with E-state index in [4.69, 9.17) is 0 Å². The first-order chi connectivity index (χ1) is 9.53. The highest BCUT2D eigenvalue weighted by molar-refractivity contribution is 5.37. The number of nitrogens with one attached hydrogen (secondary N) is 1. The number of aryl methyl sites for hydroxylation is 1. The van der Waals surface area contributed by atoms with E-state index in [0.717, 1.165) is 6.54 Å². The van der Waals surface area contributed by atoms with Gasteiger partial charge in [-0.05, 0) is 64.0 Å². The highest BCUT2D eigenvalue weighted by Gasteiger charge is 2.43. The van der Waals surface area contributed by atoms with Crippen LogP contribution in [0.15, 0.2) is 18.2 Å². The normalized spacial score (nSPS) is 19.5. The average molecular weight is 274 g/mol. The molecule has 1 saturated carbocycles. The van der Waals surface area contributed by atoms with E-state index in [9.17, 15) is 0 Å². The molecule has 2 rings (SSSR count). The minimum absolute atomic E-state index is 0.272. The molecule has 2 nitrogen and oxygen atoms in total. The average Bonchev–Trinajstić information content (AvgIpc) is 2.90. The number of nitrogens with zero attached hydrogens (tertiary/aromatic N) is 1. The molecule has 0 bridgehead atoms. The van der Waals surface area contributed by atoms with Crippen molar-refractivity contribution in [2.24, 2.45) is 0 Å². The van der Waals surface area contributed by atoms with Gasteiger partial charge in [-0.15, -0.1) is 0 Å². The van der Waals surface area contributed by atoms with Crippen molar-refractivity contribution in [1.82, 2.24) is 10.2 Å². The predicted octanol–water partition coefficient (Wildman–Crippen LogP) is 3.83. The van der Waals surface area contributed by atoms with Gasteiger partial charge >= 0.3 is 0 Å². The van der Waals surface area contributed by atoms with Crippen LogP contribution in [-0.4, -0.2) is 31.1 Å². The number of hydrogen-bond acceptors (Lipinski definition) is 2. The van der Waals surface area contributed by atoms with Crippen LogP contribution in [0.25, 0.3) is 0 Å². The number of benzene rings is 1. The van der Waals surface area contributed by atoms with Crippen LogP contribution in [0.1, 0.15) is 55.3 Å². The summed E-state index contributed by atoms with van der Waals surface area (Å²) in [7, 11) is 4.50. The molecule has 1 atom stereocenters. The Morgan fingerprint density at radius 1 is 1.20 bits per heavy atom.